The highest BCUT2D eigenvalue weighted by molar-refractivity contribution is 6.53. The van der Waals surface area contributed by atoms with Gasteiger partial charge in [-0.3, -0.25) is 29.0 Å². The summed E-state index contributed by atoms with van der Waals surface area (Å²) in [4.78, 5) is 59.0. The van der Waals surface area contributed by atoms with Gasteiger partial charge >= 0.3 is 0 Å². The number of phenolic OH excluding ortho intramolecular Hbond substituents is 1. The molecule has 49 heavy (non-hydrogen) atoms. The Kier molecular flexibility index (Phi) is 6.30. The van der Waals surface area contributed by atoms with Crippen molar-refractivity contribution in [1.82, 2.24) is 9.88 Å². The summed E-state index contributed by atoms with van der Waals surface area (Å²) >= 11 is 14.7. The molecule has 4 aliphatic rings. The first-order valence-electron chi connectivity index (χ1n) is 16.0. The van der Waals surface area contributed by atoms with Crippen LogP contribution in [0.3, 0.4) is 0 Å². The number of allylic oxidation sites excluding steroid dienone is 2. The van der Waals surface area contributed by atoms with Crippen LogP contribution in [0.5, 0.6) is 5.75 Å². The van der Waals surface area contributed by atoms with E-state index in [-0.39, 0.29) is 24.5 Å². The number of aromatic hydroxyl groups is 1. The predicted molar refractivity (Wildman–Crippen MR) is 183 cm³/mol. The molecule has 6 atom stereocenters. The van der Waals surface area contributed by atoms with E-state index in [9.17, 15) is 24.3 Å². The van der Waals surface area contributed by atoms with Crippen molar-refractivity contribution in [2.45, 2.75) is 28.5 Å². The molecule has 1 saturated carbocycles. The molecule has 1 N–H and O–H groups in total. The van der Waals surface area contributed by atoms with Crippen molar-refractivity contribution >= 4 is 74.4 Å². The third-order valence-corrected chi connectivity index (χ3v) is 12.3. The monoisotopic (exact) mass is 691 g/mol. The van der Waals surface area contributed by atoms with Crippen LogP contribution >= 0.6 is 23.2 Å². The van der Waals surface area contributed by atoms with E-state index >= 15 is 0 Å². The Morgan fingerprint density at radius 1 is 0.857 bits per heavy atom. The molecule has 0 radical (unpaired) electrons. The number of benzene rings is 4. The van der Waals surface area contributed by atoms with Gasteiger partial charge in [-0.25, -0.2) is 4.98 Å². The van der Waals surface area contributed by atoms with E-state index < -0.39 is 51.1 Å². The van der Waals surface area contributed by atoms with Crippen LogP contribution in [0.2, 0.25) is 0 Å². The van der Waals surface area contributed by atoms with E-state index in [0.29, 0.717) is 44.8 Å². The van der Waals surface area contributed by atoms with Gasteiger partial charge in [-0.15, -0.1) is 23.2 Å². The van der Waals surface area contributed by atoms with E-state index in [0.717, 1.165) is 10.3 Å². The molecule has 3 fully saturated rings. The molecular weight excluding hydrogens is 665 g/mol. The second-order valence-corrected chi connectivity index (χ2v) is 14.5. The minimum atomic E-state index is -2.00. The maximum absolute atomic E-state index is 14.4. The number of amides is 4. The molecule has 11 heteroatoms. The highest BCUT2D eigenvalue weighted by Crippen LogP contribution is 2.66. The lowest BCUT2D eigenvalue weighted by Gasteiger charge is -2.51. The van der Waals surface area contributed by atoms with Crippen LogP contribution in [0.4, 0.5) is 5.69 Å². The Balaban J connectivity index is 1.14. The average Bonchev–Trinajstić information content (AvgIpc) is 3.70. The summed E-state index contributed by atoms with van der Waals surface area (Å²) in [5.41, 5.74) is 3.41. The van der Waals surface area contributed by atoms with Crippen LogP contribution < -0.4 is 4.90 Å². The topological polar surface area (TPSA) is 121 Å². The number of alkyl halides is 2. The summed E-state index contributed by atoms with van der Waals surface area (Å²) in [5.74, 6) is -5.20. The van der Waals surface area contributed by atoms with Crippen LogP contribution in [-0.4, -0.2) is 55.4 Å². The summed E-state index contributed by atoms with van der Waals surface area (Å²) in [7, 11) is 1.34. The third kappa shape index (κ3) is 3.85. The van der Waals surface area contributed by atoms with Crippen molar-refractivity contribution in [3.05, 3.63) is 102 Å². The summed E-state index contributed by atoms with van der Waals surface area (Å²) in [6, 6.07) is 24.9. The lowest BCUT2D eigenvalue weighted by Crippen LogP contribution is -2.60. The Labute approximate surface area is 289 Å². The molecule has 3 heterocycles. The molecule has 2 aliphatic carbocycles. The molecule has 244 valence electrons. The summed E-state index contributed by atoms with van der Waals surface area (Å²) < 4.78 is 5.89. The molecule has 0 spiro atoms. The van der Waals surface area contributed by atoms with E-state index in [1.165, 1.54) is 18.0 Å². The number of oxazole rings is 1. The molecule has 9 rings (SSSR count). The number of anilines is 1. The Bertz CT molecular complexity index is 2300. The van der Waals surface area contributed by atoms with Gasteiger partial charge in [0.2, 0.25) is 17.7 Å². The maximum Gasteiger partial charge on any atom is 0.253 e. The Morgan fingerprint density at radius 2 is 1.59 bits per heavy atom. The van der Waals surface area contributed by atoms with Crippen LogP contribution in [0.1, 0.15) is 24.3 Å². The Hall–Kier alpha value is -4.99. The van der Waals surface area contributed by atoms with Crippen LogP contribution in [0.25, 0.3) is 33.3 Å². The normalized spacial score (nSPS) is 29.4. The van der Waals surface area contributed by atoms with E-state index in [4.69, 9.17) is 27.6 Å². The third-order valence-electron chi connectivity index (χ3n) is 10.9. The number of phenols is 1. The molecule has 0 bridgehead atoms. The van der Waals surface area contributed by atoms with E-state index in [2.05, 4.69) is 4.98 Å². The first kappa shape index (κ1) is 30.1. The number of hydrogen-bond donors (Lipinski definition) is 1. The van der Waals surface area contributed by atoms with Gasteiger partial charge in [-0.2, -0.15) is 0 Å². The maximum atomic E-state index is 14.4. The van der Waals surface area contributed by atoms with Gasteiger partial charge in [0, 0.05) is 24.1 Å². The number of imide groups is 2. The Morgan fingerprint density at radius 3 is 2.37 bits per heavy atom. The highest BCUT2D eigenvalue weighted by atomic mass is 35.5. The number of para-hydroxylation sites is 2. The largest absolute Gasteiger partial charge is 0.508 e. The number of likely N-dealkylation sites (tertiary alicyclic amines) is 1. The number of fused-ring (bicyclic) bond motifs is 6. The highest BCUT2D eigenvalue weighted by Gasteiger charge is 2.76. The van der Waals surface area contributed by atoms with Crippen LogP contribution in [0, 0.1) is 17.8 Å². The number of hydrogen-bond acceptors (Lipinski definition) is 7. The van der Waals surface area contributed by atoms with Gasteiger partial charge in [0.05, 0.1) is 17.5 Å². The molecule has 4 amide bonds. The average molecular weight is 693 g/mol. The zero-order chi connectivity index (χ0) is 34.0. The van der Waals surface area contributed by atoms with Crippen LogP contribution in [-0.2, 0) is 19.2 Å². The smallest absolute Gasteiger partial charge is 0.253 e. The van der Waals surface area contributed by atoms with Crippen molar-refractivity contribution < 1.29 is 28.7 Å². The van der Waals surface area contributed by atoms with Crippen molar-refractivity contribution in [3.63, 3.8) is 0 Å². The van der Waals surface area contributed by atoms with Gasteiger partial charge in [-0.05, 0) is 72.0 Å². The van der Waals surface area contributed by atoms with Crippen molar-refractivity contribution in [2.24, 2.45) is 17.8 Å². The van der Waals surface area contributed by atoms with E-state index in [1.807, 2.05) is 54.6 Å². The molecule has 2 saturated heterocycles. The molecule has 6 unspecified atom stereocenters. The second kappa shape index (κ2) is 10.3. The standard InChI is InChI=1S/C38H27Cl2N3O6/c1-42-35(47)37(39)18-25-23(31(38(37,40)36(42)48)30-22-7-3-2-6-19(22)12-17-27(30)44)15-16-24-29(25)34(46)43(33(24)45)21-13-10-20(11-14-21)32-41-26-8-4-5-9-28(26)49-32/h2-15,17,24-25,29,31,44H,16,18H2,1H3. The minimum absolute atomic E-state index is 0.115. The predicted octanol–water partition coefficient (Wildman–Crippen LogP) is 6.55. The molecule has 5 aromatic rings. The molecular formula is C38H27Cl2N3O6. The SMILES string of the molecule is CN1C(=O)C2(Cl)CC3C(=CCC4C(=O)N(c5ccc(-c6nc7ccccc7o6)cc5)C(=O)C43)C(c3c(O)ccc4ccccc34)C2(Cl)C1=O. The molecule has 9 nitrogen and oxygen atoms in total. The summed E-state index contributed by atoms with van der Waals surface area (Å²) in [6.07, 6.45) is 1.94. The van der Waals surface area contributed by atoms with Crippen molar-refractivity contribution in [1.29, 1.82) is 0 Å². The fourth-order valence-electron chi connectivity index (χ4n) is 8.65. The van der Waals surface area contributed by atoms with Gasteiger partial charge < -0.3 is 9.52 Å². The number of aromatic nitrogens is 1. The van der Waals surface area contributed by atoms with E-state index in [1.54, 1.807) is 30.3 Å². The minimum Gasteiger partial charge on any atom is -0.508 e. The second-order valence-electron chi connectivity index (χ2n) is 13.3. The van der Waals surface area contributed by atoms with Gasteiger partial charge in [0.25, 0.3) is 11.8 Å². The van der Waals surface area contributed by atoms with Crippen LogP contribution in [0.15, 0.2) is 101 Å². The quantitative estimate of drug-likeness (QED) is 0.129. The zero-order valence-corrected chi connectivity index (χ0v) is 27.5. The van der Waals surface area contributed by atoms with Crippen molar-refractivity contribution in [2.75, 3.05) is 11.9 Å². The summed E-state index contributed by atoms with van der Waals surface area (Å²) in [5, 5.41) is 12.9. The first-order valence-corrected chi connectivity index (χ1v) is 16.7. The number of nitrogens with zero attached hydrogens (tertiary/aromatic N) is 3. The van der Waals surface area contributed by atoms with Gasteiger partial charge in [0.15, 0.2) is 15.3 Å². The molecule has 4 aromatic carbocycles. The number of rotatable bonds is 3. The fraction of sp³-hybridized carbons (Fsp3) is 0.237. The number of carbonyl (C=O) groups excluding carboxylic acids is 4. The lowest BCUT2D eigenvalue weighted by atomic mass is 9.56. The van der Waals surface area contributed by atoms with Crippen molar-refractivity contribution in [3.8, 4) is 17.2 Å². The fourth-order valence-corrected chi connectivity index (χ4v) is 9.65. The number of halogens is 2. The molecule has 2 aliphatic heterocycles. The van der Waals surface area contributed by atoms with Gasteiger partial charge in [-0.1, -0.05) is 54.1 Å². The lowest BCUT2D eigenvalue weighted by molar-refractivity contribution is -0.138. The summed E-state index contributed by atoms with van der Waals surface area (Å²) in [6.45, 7) is 0. The first-order chi connectivity index (χ1) is 23.5. The van der Waals surface area contributed by atoms with Gasteiger partial charge in [0.1, 0.15) is 11.3 Å². The number of carbonyl (C=O) groups is 4. The molecule has 1 aromatic heterocycles. The zero-order valence-electron chi connectivity index (χ0n) is 26.0.